The number of hydrogen-bond donors (Lipinski definition) is 2. The first-order chi connectivity index (χ1) is 9.12. The lowest BCUT2D eigenvalue weighted by Crippen LogP contribution is -2.12. The van der Waals surface area contributed by atoms with Gasteiger partial charge in [-0.25, -0.2) is 0 Å². The van der Waals surface area contributed by atoms with Crippen molar-refractivity contribution in [3.05, 3.63) is 17.7 Å². The molecule has 0 bridgehead atoms. The predicted octanol–water partition coefficient (Wildman–Crippen LogP) is 2.11. The molecule has 2 N–H and O–H groups in total. The summed E-state index contributed by atoms with van der Waals surface area (Å²) >= 11 is 0. The number of aliphatic hydroxyl groups is 1. The predicted molar refractivity (Wildman–Crippen MR) is 73.8 cm³/mol. The number of aliphatic hydroxyl groups excluding tert-OH is 1. The zero-order chi connectivity index (χ0) is 14.3. The van der Waals surface area contributed by atoms with Crippen molar-refractivity contribution in [1.82, 2.24) is 0 Å². The first-order valence-corrected chi connectivity index (χ1v) is 6.25. The number of unbranched alkanes of at least 4 members (excludes halogenated alkanes) is 1. The Morgan fingerprint density at radius 1 is 1.21 bits per heavy atom. The second-order valence-electron chi connectivity index (χ2n) is 4.25. The number of ether oxygens (including phenoxy) is 2. The molecule has 5 heteroatoms. The van der Waals surface area contributed by atoms with Crippen molar-refractivity contribution in [2.75, 3.05) is 26.1 Å². The van der Waals surface area contributed by atoms with E-state index in [9.17, 15) is 4.79 Å². The molecule has 0 spiro atoms. The van der Waals surface area contributed by atoms with Crippen LogP contribution in [0.1, 0.15) is 24.8 Å². The number of amides is 1. The molecule has 5 nitrogen and oxygen atoms in total. The average molecular weight is 267 g/mol. The van der Waals surface area contributed by atoms with Crippen LogP contribution in [0, 0.1) is 6.92 Å². The number of benzene rings is 1. The zero-order valence-electron chi connectivity index (χ0n) is 11.7. The van der Waals surface area contributed by atoms with Crippen LogP contribution in [0.4, 0.5) is 5.69 Å². The highest BCUT2D eigenvalue weighted by atomic mass is 16.5. The Bertz CT molecular complexity index is 432. The van der Waals surface area contributed by atoms with E-state index in [0.29, 0.717) is 36.4 Å². The Balaban J connectivity index is 2.75. The van der Waals surface area contributed by atoms with Crippen LogP contribution in [-0.2, 0) is 4.79 Å². The van der Waals surface area contributed by atoms with Crippen LogP contribution in [-0.4, -0.2) is 31.8 Å². The van der Waals surface area contributed by atoms with Crippen molar-refractivity contribution in [1.29, 1.82) is 0 Å². The molecule has 1 rings (SSSR count). The summed E-state index contributed by atoms with van der Waals surface area (Å²) in [6.45, 7) is 2.01. The molecule has 0 unspecified atom stereocenters. The Kier molecular flexibility index (Phi) is 6.15. The van der Waals surface area contributed by atoms with Crippen LogP contribution < -0.4 is 14.8 Å². The maximum Gasteiger partial charge on any atom is 0.224 e. The van der Waals surface area contributed by atoms with Crippen molar-refractivity contribution in [2.24, 2.45) is 0 Å². The molecule has 0 saturated heterocycles. The van der Waals surface area contributed by atoms with E-state index in [0.717, 1.165) is 5.56 Å². The number of rotatable bonds is 7. The van der Waals surface area contributed by atoms with E-state index in [1.54, 1.807) is 20.3 Å². The van der Waals surface area contributed by atoms with Crippen molar-refractivity contribution in [3.63, 3.8) is 0 Å². The van der Waals surface area contributed by atoms with E-state index in [1.807, 2.05) is 13.0 Å². The molecular formula is C14H21NO4. The fraction of sp³-hybridized carbons (Fsp3) is 0.500. The van der Waals surface area contributed by atoms with Crippen LogP contribution >= 0.6 is 0 Å². The minimum absolute atomic E-state index is 0.0660. The van der Waals surface area contributed by atoms with Gasteiger partial charge in [0.1, 0.15) is 0 Å². The first kappa shape index (κ1) is 15.3. The summed E-state index contributed by atoms with van der Waals surface area (Å²) in [6, 6.07) is 3.57. The normalized spacial score (nSPS) is 10.1. The van der Waals surface area contributed by atoms with Gasteiger partial charge in [-0.15, -0.1) is 0 Å². The van der Waals surface area contributed by atoms with Crippen LogP contribution in [0.3, 0.4) is 0 Å². The topological polar surface area (TPSA) is 67.8 Å². The number of carbonyl (C=O) groups excluding carboxylic acids is 1. The number of anilines is 1. The van der Waals surface area contributed by atoms with Crippen molar-refractivity contribution >= 4 is 11.6 Å². The molecule has 0 aromatic heterocycles. The maximum absolute atomic E-state index is 11.7. The molecule has 0 fully saturated rings. The molecule has 0 saturated carbocycles. The molecule has 1 amide bonds. The third-order valence-electron chi connectivity index (χ3n) is 2.82. The molecule has 0 radical (unpaired) electrons. The summed E-state index contributed by atoms with van der Waals surface area (Å²) in [4.78, 5) is 11.7. The molecule has 0 aliphatic rings. The SMILES string of the molecule is COc1cc(C)c(NC(=O)CCCCO)cc1OC. The maximum atomic E-state index is 11.7. The summed E-state index contributed by atoms with van der Waals surface area (Å²) in [6.07, 6.45) is 1.71. The lowest BCUT2D eigenvalue weighted by atomic mass is 10.1. The second-order valence-corrected chi connectivity index (χ2v) is 4.25. The zero-order valence-corrected chi connectivity index (χ0v) is 11.7. The fourth-order valence-electron chi connectivity index (χ4n) is 1.73. The standard InChI is InChI=1S/C14H21NO4/c1-10-8-12(18-2)13(19-3)9-11(10)15-14(17)6-4-5-7-16/h8-9,16H,4-7H2,1-3H3,(H,15,17). The number of hydrogen-bond acceptors (Lipinski definition) is 4. The van der Waals surface area contributed by atoms with Gasteiger partial charge in [0.15, 0.2) is 11.5 Å². The minimum atomic E-state index is -0.0660. The number of methoxy groups -OCH3 is 2. The van der Waals surface area contributed by atoms with Crippen molar-refractivity contribution < 1.29 is 19.4 Å². The first-order valence-electron chi connectivity index (χ1n) is 6.25. The van der Waals surface area contributed by atoms with Crippen molar-refractivity contribution in [3.8, 4) is 11.5 Å². The van der Waals surface area contributed by atoms with E-state index < -0.39 is 0 Å². The summed E-state index contributed by atoms with van der Waals surface area (Å²) in [5.74, 6) is 1.15. The summed E-state index contributed by atoms with van der Waals surface area (Å²) < 4.78 is 10.4. The van der Waals surface area contributed by atoms with E-state index in [2.05, 4.69) is 5.32 Å². The van der Waals surface area contributed by atoms with Gasteiger partial charge in [0, 0.05) is 24.8 Å². The molecule has 0 heterocycles. The molecular weight excluding hydrogens is 246 g/mol. The van der Waals surface area contributed by atoms with Gasteiger partial charge in [-0.2, -0.15) is 0 Å². The Labute approximate surface area is 113 Å². The van der Waals surface area contributed by atoms with Gasteiger partial charge in [0.2, 0.25) is 5.91 Å². The van der Waals surface area contributed by atoms with Crippen LogP contribution in [0.15, 0.2) is 12.1 Å². The molecule has 0 atom stereocenters. The highest BCUT2D eigenvalue weighted by Gasteiger charge is 2.10. The van der Waals surface area contributed by atoms with Crippen LogP contribution in [0.5, 0.6) is 11.5 Å². The van der Waals surface area contributed by atoms with Crippen LogP contribution in [0.2, 0.25) is 0 Å². The van der Waals surface area contributed by atoms with Crippen molar-refractivity contribution in [2.45, 2.75) is 26.2 Å². The lowest BCUT2D eigenvalue weighted by Gasteiger charge is -2.13. The largest absolute Gasteiger partial charge is 0.493 e. The Hall–Kier alpha value is -1.75. The van der Waals surface area contributed by atoms with Gasteiger partial charge in [-0.1, -0.05) is 0 Å². The van der Waals surface area contributed by atoms with Crippen LogP contribution in [0.25, 0.3) is 0 Å². The van der Waals surface area contributed by atoms with E-state index >= 15 is 0 Å². The molecule has 0 aliphatic carbocycles. The quantitative estimate of drug-likeness (QED) is 0.742. The molecule has 1 aromatic carbocycles. The van der Waals surface area contributed by atoms with E-state index in [1.165, 1.54) is 0 Å². The third-order valence-corrected chi connectivity index (χ3v) is 2.82. The fourth-order valence-corrected chi connectivity index (χ4v) is 1.73. The number of carbonyl (C=O) groups is 1. The average Bonchev–Trinajstić information content (AvgIpc) is 2.40. The Morgan fingerprint density at radius 3 is 2.42 bits per heavy atom. The number of nitrogens with one attached hydrogen (secondary N) is 1. The summed E-state index contributed by atoms with van der Waals surface area (Å²) in [7, 11) is 3.13. The number of aryl methyl sites for hydroxylation is 1. The van der Waals surface area contributed by atoms with Gasteiger partial charge in [-0.05, 0) is 31.4 Å². The van der Waals surface area contributed by atoms with Gasteiger partial charge >= 0.3 is 0 Å². The molecule has 19 heavy (non-hydrogen) atoms. The lowest BCUT2D eigenvalue weighted by molar-refractivity contribution is -0.116. The molecule has 106 valence electrons. The summed E-state index contributed by atoms with van der Waals surface area (Å²) in [5.41, 5.74) is 1.62. The highest BCUT2D eigenvalue weighted by Crippen LogP contribution is 2.32. The molecule has 1 aromatic rings. The van der Waals surface area contributed by atoms with E-state index in [4.69, 9.17) is 14.6 Å². The van der Waals surface area contributed by atoms with Gasteiger partial charge in [0.25, 0.3) is 0 Å². The monoisotopic (exact) mass is 267 g/mol. The van der Waals surface area contributed by atoms with Gasteiger partial charge < -0.3 is 19.9 Å². The Morgan fingerprint density at radius 2 is 1.84 bits per heavy atom. The van der Waals surface area contributed by atoms with E-state index in [-0.39, 0.29) is 12.5 Å². The highest BCUT2D eigenvalue weighted by molar-refractivity contribution is 5.91. The summed E-state index contributed by atoms with van der Waals surface area (Å²) in [5, 5.41) is 11.5. The molecule has 0 aliphatic heterocycles. The second kappa shape index (κ2) is 7.63. The third kappa shape index (κ3) is 4.44. The van der Waals surface area contributed by atoms with Gasteiger partial charge in [0.05, 0.1) is 14.2 Å². The smallest absolute Gasteiger partial charge is 0.224 e. The minimum Gasteiger partial charge on any atom is -0.493 e. The van der Waals surface area contributed by atoms with Gasteiger partial charge in [-0.3, -0.25) is 4.79 Å².